The van der Waals surface area contributed by atoms with Crippen molar-refractivity contribution >= 4 is 23.8 Å². The van der Waals surface area contributed by atoms with Gasteiger partial charge in [0.05, 0.1) is 0 Å². The first kappa shape index (κ1) is 15.1. The Labute approximate surface area is 123 Å². The smallest absolute Gasteiger partial charge is 0.328 e. The molecule has 0 heterocycles. The summed E-state index contributed by atoms with van der Waals surface area (Å²) in [7, 11) is 0. The third-order valence-electron chi connectivity index (χ3n) is 3.60. The minimum atomic E-state index is -1.01. The van der Waals surface area contributed by atoms with Crippen molar-refractivity contribution in [2.75, 3.05) is 5.75 Å². The Hall–Kier alpha value is -1.29. The molecule has 0 amide bonds. The standard InChI is InChI=1S/C16H19FO2S/c17-15-7-5-14(13(9-15)6-8-16(18)19)11-20-10-12-3-1-2-4-12/h5-9,12H,1-4,10-11H2,(H,18,19). The molecule has 20 heavy (non-hydrogen) atoms. The average Bonchev–Trinajstić information content (AvgIpc) is 2.91. The predicted molar refractivity (Wildman–Crippen MR) is 81.2 cm³/mol. The van der Waals surface area contributed by atoms with Gasteiger partial charge >= 0.3 is 5.97 Å². The van der Waals surface area contributed by atoms with Crippen LogP contribution < -0.4 is 0 Å². The molecule has 1 aromatic carbocycles. The monoisotopic (exact) mass is 294 g/mol. The molecule has 0 unspecified atom stereocenters. The molecule has 0 spiro atoms. The fourth-order valence-electron chi connectivity index (χ4n) is 2.53. The van der Waals surface area contributed by atoms with Crippen molar-refractivity contribution in [3.05, 3.63) is 41.2 Å². The molecule has 0 radical (unpaired) electrons. The number of carboxylic acids is 1. The zero-order chi connectivity index (χ0) is 14.4. The molecule has 1 aromatic rings. The molecule has 0 aliphatic heterocycles. The molecule has 2 nitrogen and oxygen atoms in total. The van der Waals surface area contributed by atoms with Crippen molar-refractivity contribution in [3.63, 3.8) is 0 Å². The van der Waals surface area contributed by atoms with Crippen molar-refractivity contribution in [1.29, 1.82) is 0 Å². The number of carbonyl (C=O) groups is 1. The first-order chi connectivity index (χ1) is 9.65. The van der Waals surface area contributed by atoms with Gasteiger partial charge in [-0.15, -0.1) is 0 Å². The second-order valence-electron chi connectivity index (χ2n) is 5.18. The highest BCUT2D eigenvalue weighted by Crippen LogP contribution is 2.29. The van der Waals surface area contributed by atoms with E-state index >= 15 is 0 Å². The van der Waals surface area contributed by atoms with Crippen LogP contribution in [0.3, 0.4) is 0 Å². The van der Waals surface area contributed by atoms with Crippen molar-refractivity contribution in [2.24, 2.45) is 5.92 Å². The number of carboxylic acid groups (broad SMARTS) is 1. The molecule has 0 saturated heterocycles. The summed E-state index contributed by atoms with van der Waals surface area (Å²) in [5.74, 6) is 1.41. The SMILES string of the molecule is O=C(O)C=Cc1cc(F)ccc1CSCC1CCCC1. The summed E-state index contributed by atoms with van der Waals surface area (Å²) >= 11 is 1.85. The quantitative estimate of drug-likeness (QED) is 0.793. The molecular weight excluding hydrogens is 275 g/mol. The number of rotatable bonds is 6. The molecule has 0 aromatic heterocycles. The zero-order valence-corrected chi connectivity index (χ0v) is 12.2. The van der Waals surface area contributed by atoms with Crippen molar-refractivity contribution in [3.8, 4) is 0 Å². The van der Waals surface area contributed by atoms with Crippen LogP contribution in [0, 0.1) is 11.7 Å². The van der Waals surface area contributed by atoms with Gasteiger partial charge in [0.2, 0.25) is 0 Å². The van der Waals surface area contributed by atoms with Crippen LogP contribution in [-0.4, -0.2) is 16.8 Å². The lowest BCUT2D eigenvalue weighted by atomic mass is 10.1. The second kappa shape index (κ2) is 7.48. The summed E-state index contributed by atoms with van der Waals surface area (Å²) in [6.07, 6.45) is 7.85. The number of benzene rings is 1. The number of thioether (sulfide) groups is 1. The molecular formula is C16H19FO2S. The van der Waals surface area contributed by atoms with Gasteiger partial charge in [-0.05, 0) is 53.8 Å². The molecule has 1 aliphatic rings. The number of aliphatic carboxylic acids is 1. The third kappa shape index (κ3) is 4.67. The van der Waals surface area contributed by atoms with E-state index in [4.69, 9.17) is 5.11 Å². The van der Waals surface area contributed by atoms with Crippen LogP contribution in [0.15, 0.2) is 24.3 Å². The minimum Gasteiger partial charge on any atom is -0.478 e. The highest BCUT2D eigenvalue weighted by molar-refractivity contribution is 7.98. The van der Waals surface area contributed by atoms with E-state index in [-0.39, 0.29) is 5.82 Å². The minimum absolute atomic E-state index is 0.334. The Kier molecular flexibility index (Phi) is 5.65. The lowest BCUT2D eigenvalue weighted by molar-refractivity contribution is -0.131. The molecule has 0 atom stereocenters. The summed E-state index contributed by atoms with van der Waals surface area (Å²) < 4.78 is 13.3. The lowest BCUT2D eigenvalue weighted by Gasteiger charge is -2.10. The maximum Gasteiger partial charge on any atom is 0.328 e. The summed E-state index contributed by atoms with van der Waals surface area (Å²) in [5, 5.41) is 8.67. The Morgan fingerprint density at radius 1 is 1.40 bits per heavy atom. The molecule has 2 rings (SSSR count). The van der Waals surface area contributed by atoms with Crippen LogP contribution in [0.25, 0.3) is 6.08 Å². The lowest BCUT2D eigenvalue weighted by Crippen LogP contribution is -1.98. The van der Waals surface area contributed by atoms with Crippen molar-refractivity contribution in [1.82, 2.24) is 0 Å². The largest absolute Gasteiger partial charge is 0.478 e. The van der Waals surface area contributed by atoms with Gasteiger partial charge in [-0.2, -0.15) is 11.8 Å². The fraction of sp³-hybridized carbons (Fsp3) is 0.438. The fourth-order valence-corrected chi connectivity index (χ4v) is 3.79. The maximum atomic E-state index is 13.3. The molecule has 1 fully saturated rings. The number of hydrogen-bond donors (Lipinski definition) is 1. The average molecular weight is 294 g/mol. The van der Waals surface area contributed by atoms with E-state index in [0.29, 0.717) is 5.56 Å². The van der Waals surface area contributed by atoms with Gasteiger partial charge in [0.15, 0.2) is 0 Å². The summed E-state index contributed by atoms with van der Waals surface area (Å²) in [4.78, 5) is 10.6. The van der Waals surface area contributed by atoms with E-state index in [2.05, 4.69) is 0 Å². The van der Waals surface area contributed by atoms with Crippen LogP contribution in [0.5, 0.6) is 0 Å². The zero-order valence-electron chi connectivity index (χ0n) is 11.3. The van der Waals surface area contributed by atoms with Gasteiger partial charge in [0.25, 0.3) is 0 Å². The highest BCUT2D eigenvalue weighted by Gasteiger charge is 2.14. The molecule has 0 bridgehead atoms. The van der Waals surface area contributed by atoms with Crippen LogP contribution in [0.2, 0.25) is 0 Å². The number of hydrogen-bond acceptors (Lipinski definition) is 2. The number of halogens is 1. The summed E-state index contributed by atoms with van der Waals surface area (Å²) in [6, 6.07) is 4.58. The molecule has 1 N–H and O–H groups in total. The Morgan fingerprint density at radius 3 is 2.85 bits per heavy atom. The van der Waals surface area contributed by atoms with Crippen LogP contribution >= 0.6 is 11.8 Å². The van der Waals surface area contributed by atoms with Gasteiger partial charge in [-0.25, -0.2) is 9.18 Å². The van der Waals surface area contributed by atoms with Crippen molar-refractivity contribution in [2.45, 2.75) is 31.4 Å². The van der Waals surface area contributed by atoms with E-state index in [9.17, 15) is 9.18 Å². The topological polar surface area (TPSA) is 37.3 Å². The highest BCUT2D eigenvalue weighted by atomic mass is 32.2. The third-order valence-corrected chi connectivity index (χ3v) is 4.82. The van der Waals surface area contributed by atoms with E-state index < -0.39 is 5.97 Å². The Bertz CT molecular complexity index is 493. The van der Waals surface area contributed by atoms with Gasteiger partial charge in [0, 0.05) is 11.8 Å². The Morgan fingerprint density at radius 2 is 2.15 bits per heavy atom. The summed E-state index contributed by atoms with van der Waals surface area (Å²) in [6.45, 7) is 0. The summed E-state index contributed by atoms with van der Waals surface area (Å²) in [5.41, 5.74) is 1.65. The first-order valence-corrected chi connectivity index (χ1v) is 8.08. The van der Waals surface area contributed by atoms with E-state index in [0.717, 1.165) is 29.1 Å². The molecule has 1 aliphatic carbocycles. The van der Waals surface area contributed by atoms with Crippen LogP contribution in [-0.2, 0) is 10.5 Å². The van der Waals surface area contributed by atoms with Crippen molar-refractivity contribution < 1.29 is 14.3 Å². The normalized spacial score (nSPS) is 16.1. The molecule has 1 saturated carbocycles. The van der Waals surface area contributed by atoms with Gasteiger partial charge < -0.3 is 5.11 Å². The van der Waals surface area contributed by atoms with E-state index in [1.165, 1.54) is 43.9 Å². The Balaban J connectivity index is 1.96. The van der Waals surface area contributed by atoms with Gasteiger partial charge in [0.1, 0.15) is 5.82 Å². The predicted octanol–water partition coefficient (Wildman–Crippen LogP) is 4.35. The van der Waals surface area contributed by atoms with Crippen LogP contribution in [0.4, 0.5) is 4.39 Å². The first-order valence-electron chi connectivity index (χ1n) is 6.92. The van der Waals surface area contributed by atoms with Crippen LogP contribution in [0.1, 0.15) is 36.8 Å². The van der Waals surface area contributed by atoms with E-state index in [1.54, 1.807) is 6.07 Å². The molecule has 4 heteroatoms. The molecule has 108 valence electrons. The van der Waals surface area contributed by atoms with E-state index in [1.807, 2.05) is 11.8 Å². The maximum absolute atomic E-state index is 13.3. The second-order valence-corrected chi connectivity index (χ2v) is 6.21. The van der Waals surface area contributed by atoms with Gasteiger partial charge in [-0.1, -0.05) is 18.9 Å². The van der Waals surface area contributed by atoms with Gasteiger partial charge in [-0.3, -0.25) is 0 Å².